The fourth-order valence-corrected chi connectivity index (χ4v) is 2.81. The zero-order valence-corrected chi connectivity index (χ0v) is 11.9. The van der Waals surface area contributed by atoms with Crippen molar-refractivity contribution in [3.63, 3.8) is 0 Å². The molecule has 0 aliphatic carbocycles. The summed E-state index contributed by atoms with van der Waals surface area (Å²) in [6, 6.07) is 5.97. The van der Waals surface area contributed by atoms with Crippen LogP contribution < -0.4 is 9.46 Å². The molecule has 0 bridgehead atoms. The van der Waals surface area contributed by atoms with Gasteiger partial charge in [-0.1, -0.05) is 12.1 Å². The molecule has 0 spiro atoms. The molecular formula is C13H8F5NO3S. The van der Waals surface area contributed by atoms with Crippen LogP contribution in [0.15, 0.2) is 47.4 Å². The number of hydrogen-bond donors (Lipinski definition) is 1. The summed E-state index contributed by atoms with van der Waals surface area (Å²) in [6.07, 6.45) is -5.05. The molecule has 2 aromatic rings. The topological polar surface area (TPSA) is 55.4 Å². The molecule has 0 saturated carbocycles. The molecule has 0 heterocycles. The maximum Gasteiger partial charge on any atom is 0.573 e. The lowest BCUT2D eigenvalue weighted by Gasteiger charge is -2.15. The molecule has 10 heteroatoms. The Labute approximate surface area is 127 Å². The Morgan fingerprint density at radius 2 is 1.65 bits per heavy atom. The number of rotatable bonds is 4. The molecule has 0 atom stereocenters. The highest BCUT2D eigenvalue weighted by molar-refractivity contribution is 7.92. The van der Waals surface area contributed by atoms with Crippen LogP contribution in [0.4, 0.5) is 27.6 Å². The third-order valence-electron chi connectivity index (χ3n) is 2.54. The number of alkyl halides is 3. The van der Waals surface area contributed by atoms with E-state index in [0.29, 0.717) is 18.2 Å². The highest BCUT2D eigenvalue weighted by atomic mass is 32.2. The quantitative estimate of drug-likeness (QED) is 0.854. The van der Waals surface area contributed by atoms with Crippen LogP contribution in [0.3, 0.4) is 0 Å². The van der Waals surface area contributed by atoms with Gasteiger partial charge in [-0.05, 0) is 30.3 Å². The Bertz CT molecular complexity index is 821. The molecule has 0 unspecified atom stereocenters. The van der Waals surface area contributed by atoms with E-state index in [1.54, 1.807) is 4.72 Å². The molecule has 2 aromatic carbocycles. The van der Waals surface area contributed by atoms with Crippen molar-refractivity contribution < 1.29 is 35.1 Å². The van der Waals surface area contributed by atoms with Crippen LogP contribution in [0, 0.1) is 11.6 Å². The molecule has 124 valence electrons. The fourth-order valence-electron chi connectivity index (χ4n) is 1.65. The van der Waals surface area contributed by atoms with Crippen LogP contribution in [0.2, 0.25) is 0 Å². The van der Waals surface area contributed by atoms with Gasteiger partial charge in [0.2, 0.25) is 0 Å². The fraction of sp³-hybridized carbons (Fsp3) is 0.0769. The summed E-state index contributed by atoms with van der Waals surface area (Å²) in [5.41, 5.74) is -0.575. The van der Waals surface area contributed by atoms with E-state index in [1.807, 2.05) is 0 Å². The molecular weight excluding hydrogens is 345 g/mol. The SMILES string of the molecule is O=S(=O)(Nc1ccccc1OC(F)(F)F)c1cc(F)ccc1F. The minimum atomic E-state index is -5.05. The van der Waals surface area contributed by atoms with Crippen molar-refractivity contribution >= 4 is 15.7 Å². The Kier molecular flexibility index (Phi) is 4.46. The van der Waals surface area contributed by atoms with Gasteiger partial charge in [-0.25, -0.2) is 17.2 Å². The number of hydrogen-bond acceptors (Lipinski definition) is 3. The molecule has 0 radical (unpaired) electrons. The summed E-state index contributed by atoms with van der Waals surface area (Å²) >= 11 is 0. The van der Waals surface area contributed by atoms with E-state index in [4.69, 9.17) is 0 Å². The van der Waals surface area contributed by atoms with Gasteiger partial charge in [-0.3, -0.25) is 4.72 Å². The van der Waals surface area contributed by atoms with Gasteiger partial charge in [-0.2, -0.15) is 0 Å². The van der Waals surface area contributed by atoms with Crippen LogP contribution in [0.5, 0.6) is 5.75 Å². The number of benzene rings is 2. The summed E-state index contributed by atoms with van der Waals surface area (Å²) in [5.74, 6) is -3.11. The Balaban J connectivity index is 2.40. The Morgan fingerprint density at radius 3 is 2.30 bits per heavy atom. The molecule has 23 heavy (non-hydrogen) atoms. The maximum atomic E-state index is 13.5. The second-order valence-corrected chi connectivity index (χ2v) is 5.88. The van der Waals surface area contributed by atoms with E-state index in [0.717, 1.165) is 12.1 Å². The molecule has 0 aromatic heterocycles. The first-order chi connectivity index (χ1) is 10.6. The predicted octanol–water partition coefficient (Wildman–Crippen LogP) is 3.66. The number of anilines is 1. The zero-order valence-electron chi connectivity index (χ0n) is 11.1. The molecule has 1 N–H and O–H groups in total. The van der Waals surface area contributed by atoms with E-state index in [1.165, 1.54) is 12.1 Å². The third kappa shape index (κ3) is 4.31. The van der Waals surface area contributed by atoms with Gasteiger partial charge in [0.05, 0.1) is 5.69 Å². The summed E-state index contributed by atoms with van der Waals surface area (Å²) in [5, 5.41) is 0. The van der Waals surface area contributed by atoms with Gasteiger partial charge in [0.1, 0.15) is 16.5 Å². The molecule has 0 saturated heterocycles. The van der Waals surface area contributed by atoms with Crippen molar-refractivity contribution in [2.24, 2.45) is 0 Å². The Morgan fingerprint density at radius 1 is 1.00 bits per heavy atom. The summed E-state index contributed by atoms with van der Waals surface area (Å²) in [6.45, 7) is 0. The molecule has 0 aliphatic rings. The average Bonchev–Trinajstić information content (AvgIpc) is 2.42. The summed E-state index contributed by atoms with van der Waals surface area (Å²) in [7, 11) is -4.66. The van der Waals surface area contributed by atoms with Crippen molar-refractivity contribution in [1.29, 1.82) is 0 Å². The van der Waals surface area contributed by atoms with E-state index < -0.39 is 44.4 Å². The number of sulfonamides is 1. The standard InChI is InChI=1S/C13H8F5NO3S/c14-8-5-6-9(15)12(7-8)23(20,21)19-10-3-1-2-4-11(10)22-13(16,17)18/h1-7,19H. The zero-order chi connectivity index (χ0) is 17.3. The van der Waals surface area contributed by atoms with Gasteiger partial charge >= 0.3 is 6.36 Å². The molecule has 4 nitrogen and oxygen atoms in total. The van der Waals surface area contributed by atoms with Crippen molar-refractivity contribution in [1.82, 2.24) is 0 Å². The van der Waals surface area contributed by atoms with Crippen molar-refractivity contribution in [3.05, 3.63) is 54.1 Å². The number of halogens is 5. The Hall–Kier alpha value is -2.36. The first kappa shape index (κ1) is 17.0. The van der Waals surface area contributed by atoms with E-state index in [2.05, 4.69) is 4.74 Å². The summed E-state index contributed by atoms with van der Waals surface area (Å²) < 4.78 is 93.0. The van der Waals surface area contributed by atoms with Gasteiger partial charge in [0.25, 0.3) is 10.0 Å². The minimum Gasteiger partial charge on any atom is -0.404 e. The van der Waals surface area contributed by atoms with E-state index in [9.17, 15) is 30.4 Å². The predicted molar refractivity (Wildman–Crippen MR) is 70.3 cm³/mol. The normalized spacial score (nSPS) is 12.0. The van der Waals surface area contributed by atoms with Crippen molar-refractivity contribution in [2.45, 2.75) is 11.3 Å². The van der Waals surface area contributed by atoms with Crippen LogP contribution in [-0.2, 0) is 10.0 Å². The van der Waals surface area contributed by atoms with Crippen LogP contribution in [0.25, 0.3) is 0 Å². The summed E-state index contributed by atoms with van der Waals surface area (Å²) in [4.78, 5) is -1.04. The second kappa shape index (κ2) is 6.03. The van der Waals surface area contributed by atoms with Crippen LogP contribution in [-0.4, -0.2) is 14.8 Å². The van der Waals surface area contributed by atoms with Gasteiger partial charge < -0.3 is 4.74 Å². The molecule has 0 amide bonds. The van der Waals surface area contributed by atoms with Gasteiger partial charge in [-0.15, -0.1) is 13.2 Å². The molecule has 2 rings (SSSR count). The lowest BCUT2D eigenvalue weighted by Crippen LogP contribution is -2.20. The first-order valence-electron chi connectivity index (χ1n) is 5.91. The average molecular weight is 353 g/mol. The second-order valence-electron chi connectivity index (χ2n) is 4.22. The smallest absolute Gasteiger partial charge is 0.404 e. The number of para-hydroxylation sites is 2. The van der Waals surface area contributed by atoms with Crippen LogP contribution >= 0.6 is 0 Å². The minimum absolute atomic E-state index is 0.408. The first-order valence-corrected chi connectivity index (χ1v) is 7.39. The third-order valence-corrected chi connectivity index (χ3v) is 3.92. The number of nitrogens with one attached hydrogen (secondary N) is 1. The largest absolute Gasteiger partial charge is 0.573 e. The highest BCUT2D eigenvalue weighted by Gasteiger charge is 2.32. The lowest BCUT2D eigenvalue weighted by atomic mass is 10.3. The van der Waals surface area contributed by atoms with Crippen molar-refractivity contribution in [3.8, 4) is 5.75 Å². The number of ether oxygens (including phenoxy) is 1. The van der Waals surface area contributed by atoms with E-state index >= 15 is 0 Å². The van der Waals surface area contributed by atoms with Crippen LogP contribution in [0.1, 0.15) is 0 Å². The molecule has 0 fully saturated rings. The monoisotopic (exact) mass is 353 g/mol. The maximum absolute atomic E-state index is 13.5. The van der Waals surface area contributed by atoms with Gasteiger partial charge in [0, 0.05) is 0 Å². The van der Waals surface area contributed by atoms with E-state index in [-0.39, 0.29) is 0 Å². The van der Waals surface area contributed by atoms with Crippen molar-refractivity contribution in [2.75, 3.05) is 4.72 Å². The highest BCUT2D eigenvalue weighted by Crippen LogP contribution is 2.31. The lowest BCUT2D eigenvalue weighted by molar-refractivity contribution is -0.274. The van der Waals surface area contributed by atoms with Gasteiger partial charge in [0.15, 0.2) is 5.75 Å². The molecule has 0 aliphatic heterocycles.